The molecule has 1 nitrogen and oxygen atoms in total. The van der Waals surface area contributed by atoms with E-state index in [0.717, 1.165) is 0 Å². The first kappa shape index (κ1) is 13.8. The molecule has 0 fully saturated rings. The molecule has 4 heteroatoms. The molecule has 0 heterocycles. The van der Waals surface area contributed by atoms with Crippen LogP contribution in [-0.4, -0.2) is 16.9 Å². The Morgan fingerprint density at radius 1 is 0.929 bits per heavy atom. The van der Waals surface area contributed by atoms with E-state index >= 15 is 0 Å². The van der Waals surface area contributed by atoms with E-state index in [1.165, 1.54) is 0 Å². The molecule has 0 spiro atoms. The maximum absolute atomic E-state index is 12.5. The molecule has 0 aromatic carbocycles. The molecule has 0 atom stereocenters. The normalized spacial score (nSPS) is 13.3. The van der Waals surface area contributed by atoms with E-state index in [9.17, 15) is 18.3 Å². The van der Waals surface area contributed by atoms with E-state index in [4.69, 9.17) is 0 Å². The van der Waals surface area contributed by atoms with E-state index in [1.807, 2.05) is 13.8 Å². The number of unbranched alkanes of at least 4 members (excludes halogenated alkanes) is 2. The fourth-order valence-electron chi connectivity index (χ4n) is 1.35. The molecule has 0 aliphatic carbocycles. The summed E-state index contributed by atoms with van der Waals surface area (Å²) in [5.74, 6) is 0. The molecule has 0 bridgehead atoms. The van der Waals surface area contributed by atoms with Gasteiger partial charge in [-0.25, -0.2) is 0 Å². The zero-order chi connectivity index (χ0) is 11.2. The summed E-state index contributed by atoms with van der Waals surface area (Å²) in [7, 11) is 0. The number of hydrogen-bond acceptors (Lipinski definition) is 1. The molecule has 0 unspecified atom stereocenters. The van der Waals surface area contributed by atoms with Crippen LogP contribution in [0.5, 0.6) is 0 Å². The van der Waals surface area contributed by atoms with Crippen LogP contribution in [0.25, 0.3) is 0 Å². The molecular weight excluding hydrogens is 193 g/mol. The highest BCUT2D eigenvalue weighted by molar-refractivity contribution is 4.86. The van der Waals surface area contributed by atoms with E-state index < -0.39 is 11.8 Å². The first-order chi connectivity index (χ1) is 6.37. The number of aliphatic hydroxyl groups is 1. The summed E-state index contributed by atoms with van der Waals surface area (Å²) in [6, 6.07) is 0. The van der Waals surface area contributed by atoms with Crippen molar-refractivity contribution < 1.29 is 18.3 Å². The number of hydrogen-bond donors (Lipinski definition) is 1. The van der Waals surface area contributed by atoms with Gasteiger partial charge in [0.2, 0.25) is 0 Å². The molecule has 0 aromatic heterocycles. The Hall–Kier alpha value is -0.250. The largest absolute Gasteiger partial charge is 0.417 e. The van der Waals surface area contributed by atoms with E-state index in [0.29, 0.717) is 25.7 Å². The Balaban J connectivity index is 4.33. The van der Waals surface area contributed by atoms with Crippen molar-refractivity contribution in [3.63, 3.8) is 0 Å². The lowest BCUT2D eigenvalue weighted by Crippen LogP contribution is -2.45. The van der Waals surface area contributed by atoms with Gasteiger partial charge in [-0.05, 0) is 12.8 Å². The van der Waals surface area contributed by atoms with Gasteiger partial charge in [-0.2, -0.15) is 13.2 Å². The molecule has 14 heavy (non-hydrogen) atoms. The van der Waals surface area contributed by atoms with Gasteiger partial charge in [0.05, 0.1) is 0 Å². The maximum atomic E-state index is 12.5. The third-order valence-corrected chi connectivity index (χ3v) is 2.42. The number of halogens is 3. The van der Waals surface area contributed by atoms with Crippen LogP contribution in [0.3, 0.4) is 0 Å². The van der Waals surface area contributed by atoms with Crippen molar-refractivity contribution in [1.29, 1.82) is 0 Å². The maximum Gasteiger partial charge on any atom is 0.417 e. The predicted molar refractivity (Wildman–Crippen MR) is 50.1 cm³/mol. The SMILES string of the molecule is CCCCC(O)(CCCC)C(F)(F)F. The van der Waals surface area contributed by atoms with Gasteiger partial charge < -0.3 is 5.11 Å². The third-order valence-electron chi connectivity index (χ3n) is 2.42. The van der Waals surface area contributed by atoms with Crippen LogP contribution in [0.2, 0.25) is 0 Å². The van der Waals surface area contributed by atoms with Gasteiger partial charge in [0.25, 0.3) is 0 Å². The highest BCUT2D eigenvalue weighted by Crippen LogP contribution is 2.38. The van der Waals surface area contributed by atoms with Crippen LogP contribution < -0.4 is 0 Å². The highest BCUT2D eigenvalue weighted by Gasteiger charge is 2.52. The molecule has 0 rings (SSSR count). The van der Waals surface area contributed by atoms with Crippen LogP contribution in [0.15, 0.2) is 0 Å². The summed E-state index contributed by atoms with van der Waals surface area (Å²) in [6.07, 6.45) is -2.66. The van der Waals surface area contributed by atoms with Gasteiger partial charge in [0.1, 0.15) is 0 Å². The van der Waals surface area contributed by atoms with Gasteiger partial charge in [-0.3, -0.25) is 0 Å². The van der Waals surface area contributed by atoms with Crippen LogP contribution in [0, 0.1) is 0 Å². The van der Waals surface area contributed by atoms with Crippen molar-refractivity contribution in [2.75, 3.05) is 0 Å². The standard InChI is InChI=1S/C10H19F3O/c1-3-5-7-9(14,8-6-4-2)10(11,12)13/h14H,3-8H2,1-2H3. The van der Waals surface area contributed by atoms with Gasteiger partial charge in [-0.1, -0.05) is 39.5 Å². The smallest absolute Gasteiger partial charge is 0.380 e. The molecule has 0 amide bonds. The van der Waals surface area contributed by atoms with Crippen molar-refractivity contribution in [3.05, 3.63) is 0 Å². The summed E-state index contributed by atoms with van der Waals surface area (Å²) in [5.41, 5.74) is -2.46. The summed E-state index contributed by atoms with van der Waals surface area (Å²) < 4.78 is 37.5. The van der Waals surface area contributed by atoms with Crippen molar-refractivity contribution in [3.8, 4) is 0 Å². The fraction of sp³-hybridized carbons (Fsp3) is 1.00. The van der Waals surface area contributed by atoms with E-state index in [1.54, 1.807) is 0 Å². The average Bonchev–Trinajstić information content (AvgIpc) is 2.09. The van der Waals surface area contributed by atoms with E-state index in [-0.39, 0.29) is 12.8 Å². The molecule has 0 saturated heterocycles. The Kier molecular flexibility index (Phi) is 5.49. The lowest BCUT2D eigenvalue weighted by atomic mass is 9.90. The molecule has 1 N–H and O–H groups in total. The molecule has 0 aliphatic rings. The second-order valence-electron chi connectivity index (χ2n) is 3.74. The topological polar surface area (TPSA) is 20.2 Å². The Morgan fingerprint density at radius 2 is 1.29 bits per heavy atom. The van der Waals surface area contributed by atoms with Crippen LogP contribution in [-0.2, 0) is 0 Å². The van der Waals surface area contributed by atoms with Crippen molar-refractivity contribution >= 4 is 0 Å². The lowest BCUT2D eigenvalue weighted by Gasteiger charge is -2.30. The van der Waals surface area contributed by atoms with Crippen molar-refractivity contribution in [1.82, 2.24) is 0 Å². The minimum atomic E-state index is -4.49. The summed E-state index contributed by atoms with van der Waals surface area (Å²) >= 11 is 0. The van der Waals surface area contributed by atoms with Crippen LogP contribution in [0.1, 0.15) is 52.4 Å². The monoisotopic (exact) mass is 212 g/mol. The molecule has 0 aliphatic heterocycles. The quantitative estimate of drug-likeness (QED) is 0.712. The molecule has 0 saturated carbocycles. The Morgan fingerprint density at radius 3 is 1.50 bits per heavy atom. The zero-order valence-electron chi connectivity index (χ0n) is 8.82. The summed E-state index contributed by atoms with van der Waals surface area (Å²) in [6.45, 7) is 3.63. The minimum absolute atomic E-state index is 0.174. The number of rotatable bonds is 6. The van der Waals surface area contributed by atoms with Gasteiger partial charge in [-0.15, -0.1) is 0 Å². The zero-order valence-corrected chi connectivity index (χ0v) is 8.82. The average molecular weight is 212 g/mol. The summed E-state index contributed by atoms with van der Waals surface area (Å²) in [4.78, 5) is 0. The van der Waals surface area contributed by atoms with E-state index in [2.05, 4.69) is 0 Å². The van der Waals surface area contributed by atoms with Crippen molar-refractivity contribution in [2.45, 2.75) is 64.1 Å². The van der Waals surface area contributed by atoms with Crippen LogP contribution in [0.4, 0.5) is 13.2 Å². The Labute approximate surface area is 83.3 Å². The van der Waals surface area contributed by atoms with Gasteiger partial charge >= 0.3 is 6.18 Å². The minimum Gasteiger partial charge on any atom is -0.380 e. The molecule has 0 aromatic rings. The van der Waals surface area contributed by atoms with Crippen LogP contribution >= 0.6 is 0 Å². The predicted octanol–water partition coefficient (Wildman–Crippen LogP) is 3.66. The molecule has 86 valence electrons. The third kappa shape index (κ3) is 3.86. The molecule has 0 radical (unpaired) electrons. The van der Waals surface area contributed by atoms with Crippen molar-refractivity contribution in [2.24, 2.45) is 0 Å². The second-order valence-corrected chi connectivity index (χ2v) is 3.74. The van der Waals surface area contributed by atoms with Gasteiger partial charge in [0.15, 0.2) is 5.60 Å². The summed E-state index contributed by atoms with van der Waals surface area (Å²) in [5, 5.41) is 9.48. The van der Waals surface area contributed by atoms with Gasteiger partial charge in [0, 0.05) is 0 Å². The Bertz CT molecular complexity index is 146. The highest BCUT2D eigenvalue weighted by atomic mass is 19.4. The second kappa shape index (κ2) is 5.59. The number of alkyl halides is 3. The molecular formula is C10H19F3O. The lowest BCUT2D eigenvalue weighted by molar-refractivity contribution is -0.265. The first-order valence-corrected chi connectivity index (χ1v) is 5.16. The fourth-order valence-corrected chi connectivity index (χ4v) is 1.35. The first-order valence-electron chi connectivity index (χ1n) is 5.16.